The van der Waals surface area contributed by atoms with Gasteiger partial charge in [-0.15, -0.1) is 0 Å². The number of rotatable bonds is 3. The predicted octanol–water partition coefficient (Wildman–Crippen LogP) is 4.27. The molecule has 0 unspecified atom stereocenters. The smallest absolute Gasteiger partial charge is 0.260 e. The third-order valence-electron chi connectivity index (χ3n) is 4.13. The van der Waals surface area contributed by atoms with Gasteiger partial charge in [-0.3, -0.25) is 14.7 Å². The minimum Gasteiger partial charge on any atom is -0.289 e. The fourth-order valence-corrected chi connectivity index (χ4v) is 3.63. The van der Waals surface area contributed by atoms with E-state index in [4.69, 9.17) is 4.99 Å². The molecule has 1 aromatic carbocycles. The van der Waals surface area contributed by atoms with Crippen molar-refractivity contribution in [2.75, 3.05) is 0 Å². The van der Waals surface area contributed by atoms with Gasteiger partial charge in [0.2, 0.25) is 0 Å². The summed E-state index contributed by atoms with van der Waals surface area (Å²) >= 11 is 0. The molecule has 0 bridgehead atoms. The van der Waals surface area contributed by atoms with Crippen LogP contribution in [-0.2, 0) is 0 Å². The molecule has 1 aliphatic heterocycles. The minimum absolute atomic E-state index is 0.128. The molecule has 1 saturated carbocycles. The Morgan fingerprint density at radius 1 is 1.09 bits per heavy atom. The Morgan fingerprint density at radius 2 is 1.68 bits per heavy atom. The molecule has 0 aromatic heterocycles. The molecule has 0 atom stereocenters. The monoisotopic (exact) mass is 298 g/mol. The number of carbonyl (C=O) groups excluding carboxylic acids is 1. The van der Waals surface area contributed by atoms with Crippen LogP contribution in [0.2, 0.25) is 0 Å². The first kappa shape index (κ1) is 15.3. The van der Waals surface area contributed by atoms with Crippen LogP contribution in [0.4, 0.5) is 0 Å². The quantitative estimate of drug-likeness (QED) is 0.820. The number of hydrogen-bond donors (Lipinski definition) is 0. The molecular weight excluding hydrogens is 272 g/mol. The first-order valence-electron chi connectivity index (χ1n) is 8.21. The highest BCUT2D eigenvalue weighted by Gasteiger charge is 2.43. The highest BCUT2D eigenvalue weighted by atomic mass is 16.2. The fourth-order valence-electron chi connectivity index (χ4n) is 3.63. The van der Waals surface area contributed by atoms with Crippen LogP contribution >= 0.6 is 0 Å². The lowest BCUT2D eigenvalue weighted by Crippen LogP contribution is -2.35. The number of benzene rings is 1. The second-order valence-corrected chi connectivity index (χ2v) is 8.44. The van der Waals surface area contributed by atoms with Crippen LogP contribution in [0.15, 0.2) is 29.3 Å². The Bertz CT molecular complexity index is 633. The molecule has 0 saturated heterocycles. The summed E-state index contributed by atoms with van der Waals surface area (Å²) in [5.41, 5.74) is 1.83. The van der Waals surface area contributed by atoms with Crippen molar-refractivity contribution in [1.82, 2.24) is 4.90 Å². The van der Waals surface area contributed by atoms with Crippen molar-refractivity contribution in [3.63, 3.8) is 0 Å². The Labute approximate surface area is 133 Å². The molecule has 3 heteroatoms. The first-order valence-corrected chi connectivity index (χ1v) is 8.21. The van der Waals surface area contributed by atoms with Crippen LogP contribution < -0.4 is 0 Å². The van der Waals surface area contributed by atoms with Crippen molar-refractivity contribution >= 4 is 11.7 Å². The Morgan fingerprint density at radius 3 is 2.23 bits per heavy atom. The number of aliphatic imine (C=N–C) groups is 1. The zero-order valence-corrected chi connectivity index (χ0v) is 14.3. The highest BCUT2D eigenvalue weighted by Crippen LogP contribution is 2.37. The molecule has 0 spiro atoms. The van der Waals surface area contributed by atoms with Crippen LogP contribution in [0.3, 0.4) is 0 Å². The molecule has 1 aromatic rings. The first-order chi connectivity index (χ1) is 10.2. The molecule has 3 rings (SSSR count). The van der Waals surface area contributed by atoms with Crippen LogP contribution in [0.1, 0.15) is 69.8 Å². The predicted molar refractivity (Wildman–Crippen MR) is 90.3 cm³/mol. The molecule has 2 aliphatic rings. The standard InChI is InChI=1S/C19H26N2O/c1-18(2,3)12-19(4,5)20-16-14-8-6-7-9-15(14)17(22)21(16)13-10-11-13/h6-9,13H,10-12H2,1-5H3. The van der Waals surface area contributed by atoms with Crippen LogP contribution in [0.5, 0.6) is 0 Å². The molecule has 1 amide bonds. The van der Waals surface area contributed by atoms with Gasteiger partial charge in [-0.25, -0.2) is 0 Å². The Kier molecular flexibility index (Phi) is 3.42. The van der Waals surface area contributed by atoms with Crippen molar-refractivity contribution in [3.05, 3.63) is 35.4 Å². The minimum atomic E-state index is -0.182. The van der Waals surface area contributed by atoms with Gasteiger partial charge < -0.3 is 0 Å². The number of amides is 1. The number of carbonyl (C=O) groups is 1. The van der Waals surface area contributed by atoms with E-state index in [0.717, 1.165) is 36.2 Å². The molecule has 1 fully saturated rings. The lowest BCUT2D eigenvalue weighted by Gasteiger charge is -2.30. The van der Waals surface area contributed by atoms with Gasteiger partial charge in [0.05, 0.1) is 11.1 Å². The summed E-state index contributed by atoms with van der Waals surface area (Å²) in [7, 11) is 0. The van der Waals surface area contributed by atoms with E-state index >= 15 is 0 Å². The number of fused-ring (bicyclic) bond motifs is 1. The maximum absolute atomic E-state index is 12.7. The van der Waals surface area contributed by atoms with E-state index in [-0.39, 0.29) is 16.9 Å². The lowest BCUT2D eigenvalue weighted by atomic mass is 9.82. The largest absolute Gasteiger partial charge is 0.289 e. The molecule has 0 N–H and O–H groups in total. The fraction of sp³-hybridized carbons (Fsp3) is 0.579. The van der Waals surface area contributed by atoms with Crippen LogP contribution in [0.25, 0.3) is 0 Å². The molecule has 0 radical (unpaired) electrons. The van der Waals surface area contributed by atoms with Crippen molar-refractivity contribution in [2.45, 2.75) is 65.5 Å². The summed E-state index contributed by atoms with van der Waals surface area (Å²) in [6.07, 6.45) is 3.18. The van der Waals surface area contributed by atoms with Gasteiger partial charge in [-0.1, -0.05) is 39.0 Å². The zero-order valence-electron chi connectivity index (χ0n) is 14.3. The van der Waals surface area contributed by atoms with E-state index < -0.39 is 0 Å². The van der Waals surface area contributed by atoms with Crippen molar-refractivity contribution in [3.8, 4) is 0 Å². The molecule has 1 heterocycles. The van der Waals surface area contributed by atoms with E-state index in [0.29, 0.717) is 6.04 Å². The van der Waals surface area contributed by atoms with Gasteiger partial charge in [-0.2, -0.15) is 0 Å². The van der Waals surface area contributed by atoms with Crippen molar-refractivity contribution in [2.24, 2.45) is 10.4 Å². The SMILES string of the molecule is CC(C)(C)CC(C)(C)N=C1c2ccccc2C(=O)N1C1CC1. The van der Waals surface area contributed by atoms with Crippen LogP contribution in [0, 0.1) is 5.41 Å². The number of nitrogens with zero attached hydrogens (tertiary/aromatic N) is 2. The summed E-state index contributed by atoms with van der Waals surface area (Å²) in [5, 5.41) is 0. The van der Waals surface area contributed by atoms with E-state index in [1.807, 2.05) is 29.2 Å². The number of amidine groups is 1. The maximum Gasteiger partial charge on any atom is 0.260 e. The van der Waals surface area contributed by atoms with Gasteiger partial charge in [0.25, 0.3) is 5.91 Å². The Balaban J connectivity index is 2.03. The van der Waals surface area contributed by atoms with Gasteiger partial charge in [0, 0.05) is 11.6 Å². The molecule has 118 valence electrons. The topological polar surface area (TPSA) is 32.7 Å². The number of hydrogen-bond acceptors (Lipinski definition) is 2. The zero-order chi connectivity index (χ0) is 16.1. The summed E-state index contributed by atoms with van der Waals surface area (Å²) < 4.78 is 0. The molecule has 3 nitrogen and oxygen atoms in total. The summed E-state index contributed by atoms with van der Waals surface area (Å²) in [4.78, 5) is 19.7. The van der Waals surface area contributed by atoms with Gasteiger partial charge >= 0.3 is 0 Å². The Hall–Kier alpha value is -1.64. The third kappa shape index (κ3) is 2.94. The highest BCUT2D eigenvalue weighted by molar-refractivity contribution is 6.23. The summed E-state index contributed by atoms with van der Waals surface area (Å²) in [6, 6.07) is 8.23. The van der Waals surface area contributed by atoms with Crippen LogP contribution in [-0.4, -0.2) is 28.2 Å². The van der Waals surface area contributed by atoms with Gasteiger partial charge in [-0.05, 0) is 44.6 Å². The normalized spacial score (nSPS) is 20.7. The average Bonchev–Trinajstić information content (AvgIpc) is 3.15. The summed E-state index contributed by atoms with van der Waals surface area (Å²) in [5.74, 6) is 1.01. The van der Waals surface area contributed by atoms with Crippen molar-refractivity contribution in [1.29, 1.82) is 0 Å². The molecular formula is C19H26N2O. The summed E-state index contributed by atoms with van der Waals surface area (Å²) in [6.45, 7) is 11.0. The van der Waals surface area contributed by atoms with Crippen molar-refractivity contribution < 1.29 is 4.79 Å². The molecule has 1 aliphatic carbocycles. The lowest BCUT2D eigenvalue weighted by molar-refractivity contribution is 0.0852. The maximum atomic E-state index is 12.7. The molecule has 22 heavy (non-hydrogen) atoms. The van der Waals surface area contributed by atoms with E-state index in [1.165, 1.54) is 0 Å². The third-order valence-corrected chi connectivity index (χ3v) is 4.13. The van der Waals surface area contributed by atoms with E-state index in [1.54, 1.807) is 0 Å². The second kappa shape index (κ2) is 4.94. The van der Waals surface area contributed by atoms with Gasteiger partial charge in [0.15, 0.2) is 0 Å². The van der Waals surface area contributed by atoms with E-state index in [9.17, 15) is 4.79 Å². The van der Waals surface area contributed by atoms with Gasteiger partial charge in [0.1, 0.15) is 5.84 Å². The second-order valence-electron chi connectivity index (χ2n) is 8.44. The average molecular weight is 298 g/mol. The van der Waals surface area contributed by atoms with E-state index in [2.05, 4.69) is 34.6 Å².